The third kappa shape index (κ3) is 1.99. The van der Waals surface area contributed by atoms with Crippen LogP contribution in [0.2, 0.25) is 0 Å². The Hall–Kier alpha value is -1.81. The van der Waals surface area contributed by atoms with Crippen molar-refractivity contribution in [3.8, 4) is 11.4 Å². The van der Waals surface area contributed by atoms with E-state index in [2.05, 4.69) is 15.3 Å². The summed E-state index contributed by atoms with van der Waals surface area (Å²) in [7, 11) is 0. The second-order valence-corrected chi connectivity index (χ2v) is 4.56. The Kier molecular flexibility index (Phi) is 2.80. The molecule has 0 atom stereocenters. The molecule has 1 aliphatic rings. The van der Waals surface area contributed by atoms with Crippen molar-refractivity contribution in [1.29, 1.82) is 0 Å². The number of hydrogen-bond acceptors (Lipinski definition) is 3. The Morgan fingerprint density at radius 2 is 2.22 bits per heavy atom. The number of aromatic nitrogens is 2. The zero-order valence-corrected chi connectivity index (χ0v) is 10.2. The second kappa shape index (κ2) is 4.46. The molecule has 0 radical (unpaired) electrons. The van der Waals surface area contributed by atoms with E-state index in [0.717, 1.165) is 36.3 Å². The lowest BCUT2D eigenvalue weighted by Gasteiger charge is -2.16. The summed E-state index contributed by atoms with van der Waals surface area (Å²) in [6.45, 7) is 3.53. The molecule has 0 saturated heterocycles. The highest BCUT2D eigenvalue weighted by Gasteiger charge is 2.12. The average molecular weight is 243 g/mol. The van der Waals surface area contributed by atoms with Crippen molar-refractivity contribution >= 4 is 0 Å². The fourth-order valence-corrected chi connectivity index (χ4v) is 2.16. The number of benzene rings is 1. The Labute approximate surface area is 105 Å². The van der Waals surface area contributed by atoms with E-state index < -0.39 is 0 Å². The van der Waals surface area contributed by atoms with Gasteiger partial charge in [0.25, 0.3) is 0 Å². The van der Waals surface area contributed by atoms with Crippen molar-refractivity contribution in [2.24, 2.45) is 0 Å². The first-order valence-corrected chi connectivity index (χ1v) is 6.06. The molecule has 0 saturated carbocycles. The third-order valence-corrected chi connectivity index (χ3v) is 3.22. The first-order chi connectivity index (χ1) is 8.74. The highest BCUT2D eigenvalue weighted by Crippen LogP contribution is 2.20. The molecule has 1 N–H and O–H groups in total. The molecule has 0 spiro atoms. The van der Waals surface area contributed by atoms with E-state index in [0.29, 0.717) is 11.4 Å². The number of nitrogens with zero attached hydrogens (tertiary/aromatic N) is 2. The van der Waals surface area contributed by atoms with Crippen molar-refractivity contribution in [3.05, 3.63) is 47.0 Å². The van der Waals surface area contributed by atoms with Gasteiger partial charge in [0.1, 0.15) is 5.82 Å². The van der Waals surface area contributed by atoms with E-state index in [9.17, 15) is 4.39 Å². The van der Waals surface area contributed by atoms with E-state index in [1.54, 1.807) is 19.1 Å². The lowest BCUT2D eigenvalue weighted by Crippen LogP contribution is -2.24. The van der Waals surface area contributed by atoms with E-state index >= 15 is 0 Å². The van der Waals surface area contributed by atoms with Crippen LogP contribution in [0.25, 0.3) is 11.4 Å². The van der Waals surface area contributed by atoms with Gasteiger partial charge in [-0.2, -0.15) is 0 Å². The Balaban J connectivity index is 2.03. The summed E-state index contributed by atoms with van der Waals surface area (Å²) in [6, 6.07) is 4.98. The summed E-state index contributed by atoms with van der Waals surface area (Å²) < 4.78 is 13.2. The smallest absolute Gasteiger partial charge is 0.159 e. The first-order valence-electron chi connectivity index (χ1n) is 6.06. The predicted octanol–water partition coefficient (Wildman–Crippen LogP) is 2.24. The molecule has 2 aromatic rings. The maximum absolute atomic E-state index is 13.2. The number of fused-ring (bicyclic) bond motifs is 1. The van der Waals surface area contributed by atoms with Crippen LogP contribution in [0.15, 0.2) is 24.4 Å². The molecule has 0 aliphatic carbocycles. The van der Waals surface area contributed by atoms with E-state index in [4.69, 9.17) is 0 Å². The van der Waals surface area contributed by atoms with Crippen LogP contribution in [-0.2, 0) is 13.0 Å². The summed E-state index contributed by atoms with van der Waals surface area (Å²) in [5, 5.41) is 3.29. The molecule has 3 rings (SSSR count). The van der Waals surface area contributed by atoms with Crippen LogP contribution in [0.3, 0.4) is 0 Å². The maximum atomic E-state index is 13.2. The second-order valence-electron chi connectivity index (χ2n) is 4.56. The van der Waals surface area contributed by atoms with Crippen LogP contribution >= 0.6 is 0 Å². The molecule has 92 valence electrons. The van der Waals surface area contributed by atoms with Gasteiger partial charge in [-0.05, 0) is 30.7 Å². The van der Waals surface area contributed by atoms with Gasteiger partial charge in [0, 0.05) is 36.8 Å². The molecule has 0 unspecified atom stereocenters. The molecule has 18 heavy (non-hydrogen) atoms. The Morgan fingerprint density at radius 3 is 3.06 bits per heavy atom. The zero-order chi connectivity index (χ0) is 12.5. The largest absolute Gasteiger partial charge is 0.312 e. The monoisotopic (exact) mass is 243 g/mol. The molecule has 1 aromatic carbocycles. The Morgan fingerprint density at radius 1 is 1.33 bits per heavy atom. The van der Waals surface area contributed by atoms with Gasteiger partial charge in [0.05, 0.1) is 5.69 Å². The van der Waals surface area contributed by atoms with Gasteiger partial charge in [-0.1, -0.05) is 0 Å². The van der Waals surface area contributed by atoms with Crippen molar-refractivity contribution < 1.29 is 4.39 Å². The number of rotatable bonds is 1. The van der Waals surface area contributed by atoms with Crippen LogP contribution in [0.5, 0.6) is 0 Å². The predicted molar refractivity (Wildman–Crippen MR) is 67.6 cm³/mol. The normalized spacial score (nSPS) is 14.3. The van der Waals surface area contributed by atoms with E-state index in [1.807, 2.05) is 6.20 Å². The number of halogens is 1. The Bertz CT molecular complexity index is 596. The van der Waals surface area contributed by atoms with E-state index in [1.165, 1.54) is 6.07 Å². The van der Waals surface area contributed by atoms with Gasteiger partial charge in [0.2, 0.25) is 0 Å². The van der Waals surface area contributed by atoms with Crippen molar-refractivity contribution in [1.82, 2.24) is 15.3 Å². The molecule has 1 aromatic heterocycles. The molecular formula is C14H14FN3. The highest BCUT2D eigenvalue weighted by molar-refractivity contribution is 5.56. The van der Waals surface area contributed by atoms with Crippen LogP contribution < -0.4 is 5.32 Å². The van der Waals surface area contributed by atoms with Crippen molar-refractivity contribution in [3.63, 3.8) is 0 Å². The first kappa shape index (κ1) is 11.3. The summed E-state index contributed by atoms with van der Waals surface area (Å²) in [4.78, 5) is 8.94. The summed E-state index contributed by atoms with van der Waals surface area (Å²) in [5.41, 5.74) is 3.75. The van der Waals surface area contributed by atoms with Gasteiger partial charge in [-0.3, -0.25) is 0 Å². The number of hydrogen-bond donors (Lipinski definition) is 1. The molecule has 0 bridgehead atoms. The molecule has 3 nitrogen and oxygen atoms in total. The average Bonchev–Trinajstić information content (AvgIpc) is 2.41. The lowest BCUT2D eigenvalue weighted by molar-refractivity contribution is 0.618. The highest BCUT2D eigenvalue weighted by atomic mass is 19.1. The minimum absolute atomic E-state index is 0.194. The number of nitrogens with one attached hydrogen (secondary N) is 1. The van der Waals surface area contributed by atoms with Crippen LogP contribution in [0.1, 0.15) is 16.8 Å². The molecule has 4 heteroatoms. The summed E-state index contributed by atoms with van der Waals surface area (Å²) >= 11 is 0. The van der Waals surface area contributed by atoms with Gasteiger partial charge in [0.15, 0.2) is 5.82 Å². The van der Waals surface area contributed by atoms with Crippen LogP contribution in [0, 0.1) is 12.7 Å². The SMILES string of the molecule is Cc1cc(-c2ncc3c(n2)CCNC3)ccc1F. The lowest BCUT2D eigenvalue weighted by atomic mass is 10.1. The summed E-state index contributed by atoms with van der Waals surface area (Å²) in [5.74, 6) is 0.486. The standard InChI is InChI=1S/C14H14FN3/c1-9-6-10(2-3-12(9)15)14-17-8-11-7-16-5-4-13(11)18-14/h2-3,6,8,16H,4-5,7H2,1H3. The molecule has 0 fully saturated rings. The molecule has 1 aliphatic heterocycles. The molecule has 0 amide bonds. The van der Waals surface area contributed by atoms with Gasteiger partial charge >= 0.3 is 0 Å². The fraction of sp³-hybridized carbons (Fsp3) is 0.286. The van der Waals surface area contributed by atoms with Gasteiger partial charge < -0.3 is 5.32 Å². The number of aryl methyl sites for hydroxylation is 1. The van der Waals surface area contributed by atoms with Crippen LogP contribution in [0.4, 0.5) is 4.39 Å². The molecule has 2 heterocycles. The van der Waals surface area contributed by atoms with E-state index in [-0.39, 0.29) is 5.82 Å². The zero-order valence-electron chi connectivity index (χ0n) is 10.2. The third-order valence-electron chi connectivity index (χ3n) is 3.22. The minimum atomic E-state index is -0.194. The fourth-order valence-electron chi connectivity index (χ4n) is 2.16. The topological polar surface area (TPSA) is 37.8 Å². The molecular weight excluding hydrogens is 229 g/mol. The van der Waals surface area contributed by atoms with Crippen molar-refractivity contribution in [2.75, 3.05) is 6.54 Å². The summed E-state index contributed by atoms with van der Waals surface area (Å²) in [6.07, 6.45) is 2.79. The minimum Gasteiger partial charge on any atom is -0.312 e. The quantitative estimate of drug-likeness (QED) is 0.834. The van der Waals surface area contributed by atoms with Crippen LogP contribution in [-0.4, -0.2) is 16.5 Å². The van der Waals surface area contributed by atoms with Crippen molar-refractivity contribution in [2.45, 2.75) is 19.9 Å². The maximum Gasteiger partial charge on any atom is 0.159 e. The van der Waals surface area contributed by atoms with Gasteiger partial charge in [-0.15, -0.1) is 0 Å². The van der Waals surface area contributed by atoms with Gasteiger partial charge in [-0.25, -0.2) is 14.4 Å².